The quantitative estimate of drug-likeness (QED) is 0.415. The third-order valence-corrected chi connectivity index (χ3v) is 4.82. The summed E-state index contributed by atoms with van der Waals surface area (Å²) in [7, 11) is 0. The van der Waals surface area contributed by atoms with Gasteiger partial charge in [-0.05, 0) is 56.5 Å². The van der Waals surface area contributed by atoms with E-state index in [0.29, 0.717) is 0 Å². The standard InChI is InChI=1S/C25H24N2/c1-17-9-18(2)12-22(11-17)21-5-7-25(8-6-21)27-16-24(15-26-27)23-13-19(3)10-20(4)14-23/h5-16H,1-4H3. The van der Waals surface area contributed by atoms with Gasteiger partial charge in [0.25, 0.3) is 0 Å². The van der Waals surface area contributed by atoms with Gasteiger partial charge in [-0.25, -0.2) is 4.68 Å². The second kappa shape index (κ2) is 6.88. The van der Waals surface area contributed by atoms with E-state index in [2.05, 4.69) is 99.7 Å². The normalized spacial score (nSPS) is 11.0. The second-order valence-electron chi connectivity index (χ2n) is 7.47. The highest BCUT2D eigenvalue weighted by atomic mass is 15.3. The third-order valence-electron chi connectivity index (χ3n) is 4.82. The highest BCUT2D eigenvalue weighted by molar-refractivity contribution is 5.67. The first kappa shape index (κ1) is 17.3. The first-order valence-electron chi connectivity index (χ1n) is 9.30. The number of aryl methyl sites for hydroxylation is 4. The van der Waals surface area contributed by atoms with Crippen molar-refractivity contribution in [2.45, 2.75) is 27.7 Å². The predicted octanol–water partition coefficient (Wildman–Crippen LogP) is 6.44. The molecule has 0 aliphatic rings. The zero-order valence-electron chi connectivity index (χ0n) is 16.3. The molecule has 0 radical (unpaired) electrons. The number of hydrogen-bond donors (Lipinski definition) is 0. The van der Waals surface area contributed by atoms with Crippen LogP contribution in [0.5, 0.6) is 0 Å². The van der Waals surface area contributed by atoms with Crippen molar-refractivity contribution < 1.29 is 0 Å². The van der Waals surface area contributed by atoms with Crippen molar-refractivity contribution in [3.05, 3.63) is 95.3 Å². The van der Waals surface area contributed by atoms with Gasteiger partial charge in [0.2, 0.25) is 0 Å². The highest BCUT2D eigenvalue weighted by Gasteiger charge is 2.06. The summed E-state index contributed by atoms with van der Waals surface area (Å²) in [4.78, 5) is 0. The van der Waals surface area contributed by atoms with Gasteiger partial charge in [0, 0.05) is 11.8 Å². The van der Waals surface area contributed by atoms with Crippen molar-refractivity contribution in [3.8, 4) is 27.9 Å². The van der Waals surface area contributed by atoms with Gasteiger partial charge in [0.1, 0.15) is 0 Å². The van der Waals surface area contributed by atoms with Crippen LogP contribution in [-0.4, -0.2) is 9.78 Å². The molecule has 0 N–H and O–H groups in total. The maximum Gasteiger partial charge on any atom is 0.0646 e. The van der Waals surface area contributed by atoms with E-state index in [-0.39, 0.29) is 0 Å². The van der Waals surface area contributed by atoms with Gasteiger partial charge in [-0.1, -0.05) is 70.8 Å². The topological polar surface area (TPSA) is 17.8 Å². The monoisotopic (exact) mass is 352 g/mol. The Kier molecular flexibility index (Phi) is 4.41. The lowest BCUT2D eigenvalue weighted by atomic mass is 10.0. The number of aromatic nitrogens is 2. The Morgan fingerprint density at radius 3 is 1.56 bits per heavy atom. The zero-order chi connectivity index (χ0) is 19.0. The lowest BCUT2D eigenvalue weighted by molar-refractivity contribution is 0.881. The summed E-state index contributed by atoms with van der Waals surface area (Å²) in [5.41, 5.74) is 11.0. The Morgan fingerprint density at radius 2 is 1.04 bits per heavy atom. The minimum absolute atomic E-state index is 1.07. The molecule has 0 fully saturated rings. The fourth-order valence-corrected chi connectivity index (χ4v) is 3.70. The summed E-state index contributed by atoms with van der Waals surface area (Å²) in [6.45, 7) is 8.55. The molecule has 0 bridgehead atoms. The van der Waals surface area contributed by atoms with Crippen LogP contribution in [0.25, 0.3) is 27.9 Å². The number of hydrogen-bond acceptors (Lipinski definition) is 1. The van der Waals surface area contributed by atoms with Gasteiger partial charge in [0.05, 0.1) is 11.9 Å². The van der Waals surface area contributed by atoms with Gasteiger partial charge in [0.15, 0.2) is 0 Å². The molecule has 2 nitrogen and oxygen atoms in total. The third kappa shape index (κ3) is 3.70. The van der Waals surface area contributed by atoms with E-state index in [9.17, 15) is 0 Å². The molecular weight excluding hydrogens is 328 g/mol. The van der Waals surface area contributed by atoms with Gasteiger partial charge >= 0.3 is 0 Å². The van der Waals surface area contributed by atoms with E-state index >= 15 is 0 Å². The first-order chi connectivity index (χ1) is 13.0. The summed E-state index contributed by atoms with van der Waals surface area (Å²) in [5, 5.41) is 4.57. The maximum absolute atomic E-state index is 4.57. The lowest BCUT2D eigenvalue weighted by Crippen LogP contribution is -1.93. The maximum atomic E-state index is 4.57. The van der Waals surface area contributed by atoms with Crippen molar-refractivity contribution in [2.24, 2.45) is 0 Å². The van der Waals surface area contributed by atoms with Crippen molar-refractivity contribution in [1.29, 1.82) is 0 Å². The van der Waals surface area contributed by atoms with E-state index in [1.54, 1.807) is 0 Å². The molecule has 0 saturated carbocycles. The number of benzene rings is 3. The van der Waals surface area contributed by atoms with E-state index in [4.69, 9.17) is 0 Å². The van der Waals surface area contributed by atoms with Crippen LogP contribution in [0.4, 0.5) is 0 Å². The van der Waals surface area contributed by atoms with Crippen molar-refractivity contribution in [1.82, 2.24) is 9.78 Å². The molecule has 0 aliphatic heterocycles. The molecule has 0 spiro atoms. The Hall–Kier alpha value is -3.13. The molecule has 3 aromatic carbocycles. The van der Waals surface area contributed by atoms with Crippen LogP contribution in [0, 0.1) is 27.7 Å². The summed E-state index contributed by atoms with van der Waals surface area (Å²) in [6.07, 6.45) is 4.03. The molecule has 2 heteroatoms. The van der Waals surface area contributed by atoms with Crippen LogP contribution in [0.15, 0.2) is 73.1 Å². The van der Waals surface area contributed by atoms with Gasteiger partial charge < -0.3 is 0 Å². The fourth-order valence-electron chi connectivity index (χ4n) is 3.70. The molecule has 0 atom stereocenters. The van der Waals surface area contributed by atoms with E-state index in [0.717, 1.165) is 11.3 Å². The van der Waals surface area contributed by atoms with Crippen LogP contribution < -0.4 is 0 Å². The predicted molar refractivity (Wildman–Crippen MR) is 113 cm³/mol. The molecule has 0 saturated heterocycles. The van der Waals surface area contributed by atoms with Gasteiger partial charge in [-0.2, -0.15) is 5.10 Å². The van der Waals surface area contributed by atoms with Crippen LogP contribution in [0.3, 0.4) is 0 Å². The van der Waals surface area contributed by atoms with Crippen LogP contribution >= 0.6 is 0 Å². The first-order valence-corrected chi connectivity index (χ1v) is 9.30. The largest absolute Gasteiger partial charge is 0.240 e. The molecule has 27 heavy (non-hydrogen) atoms. The van der Waals surface area contributed by atoms with Gasteiger partial charge in [-0.3, -0.25) is 0 Å². The summed E-state index contributed by atoms with van der Waals surface area (Å²) in [6, 6.07) is 21.9. The Bertz CT molecular complexity index is 1060. The van der Waals surface area contributed by atoms with Crippen molar-refractivity contribution >= 4 is 0 Å². The average Bonchev–Trinajstić information content (AvgIpc) is 3.10. The summed E-state index contributed by atoms with van der Waals surface area (Å²) < 4.78 is 1.94. The fraction of sp³-hybridized carbons (Fsp3) is 0.160. The second-order valence-corrected chi connectivity index (χ2v) is 7.47. The molecule has 0 unspecified atom stereocenters. The zero-order valence-corrected chi connectivity index (χ0v) is 16.3. The van der Waals surface area contributed by atoms with Crippen LogP contribution in [-0.2, 0) is 0 Å². The van der Waals surface area contributed by atoms with Crippen molar-refractivity contribution in [3.63, 3.8) is 0 Å². The SMILES string of the molecule is Cc1cc(C)cc(-c2ccc(-n3cc(-c4cc(C)cc(C)c4)cn3)cc2)c1. The van der Waals surface area contributed by atoms with E-state index in [1.807, 2.05) is 10.9 Å². The molecular formula is C25H24N2. The highest BCUT2D eigenvalue weighted by Crippen LogP contribution is 2.25. The molecule has 4 aromatic rings. The number of rotatable bonds is 3. The smallest absolute Gasteiger partial charge is 0.0646 e. The summed E-state index contributed by atoms with van der Waals surface area (Å²) >= 11 is 0. The molecule has 0 aliphatic carbocycles. The minimum atomic E-state index is 1.07. The van der Waals surface area contributed by atoms with E-state index in [1.165, 1.54) is 38.9 Å². The molecule has 1 aromatic heterocycles. The van der Waals surface area contributed by atoms with Crippen LogP contribution in [0.2, 0.25) is 0 Å². The van der Waals surface area contributed by atoms with Gasteiger partial charge in [-0.15, -0.1) is 0 Å². The molecule has 4 rings (SSSR count). The molecule has 134 valence electrons. The Labute approximate surface area is 161 Å². The van der Waals surface area contributed by atoms with Crippen molar-refractivity contribution in [2.75, 3.05) is 0 Å². The minimum Gasteiger partial charge on any atom is -0.240 e. The summed E-state index contributed by atoms with van der Waals surface area (Å²) in [5.74, 6) is 0. The molecule has 1 heterocycles. The number of nitrogens with zero attached hydrogens (tertiary/aromatic N) is 2. The van der Waals surface area contributed by atoms with E-state index < -0.39 is 0 Å². The lowest BCUT2D eigenvalue weighted by Gasteiger charge is -2.07. The average molecular weight is 352 g/mol. The Morgan fingerprint density at radius 1 is 0.556 bits per heavy atom. The van der Waals surface area contributed by atoms with Crippen LogP contribution in [0.1, 0.15) is 22.3 Å². The Balaban J connectivity index is 1.64. The molecule has 0 amide bonds.